The van der Waals surface area contributed by atoms with E-state index in [-0.39, 0.29) is 11.3 Å². The van der Waals surface area contributed by atoms with Gasteiger partial charge in [0.15, 0.2) is 0 Å². The summed E-state index contributed by atoms with van der Waals surface area (Å²) in [5.74, 6) is 0.872. The van der Waals surface area contributed by atoms with E-state index in [2.05, 4.69) is 15.9 Å². The summed E-state index contributed by atoms with van der Waals surface area (Å²) < 4.78 is 5.80. The van der Waals surface area contributed by atoms with Gasteiger partial charge < -0.3 is 15.6 Å². The summed E-state index contributed by atoms with van der Waals surface area (Å²) in [7, 11) is 1.58. The first-order chi connectivity index (χ1) is 7.26. The summed E-state index contributed by atoms with van der Waals surface area (Å²) in [6.45, 7) is 5.80. The summed E-state index contributed by atoms with van der Waals surface area (Å²) in [5, 5.41) is 10.0. The van der Waals surface area contributed by atoms with Gasteiger partial charge in [-0.15, -0.1) is 0 Å². The van der Waals surface area contributed by atoms with Crippen molar-refractivity contribution in [1.82, 2.24) is 0 Å². The number of nitrogens with two attached hydrogens (primary N) is 1. The van der Waals surface area contributed by atoms with Gasteiger partial charge in [-0.05, 0) is 60.3 Å². The van der Waals surface area contributed by atoms with Gasteiger partial charge >= 0.3 is 0 Å². The molecule has 0 saturated carbocycles. The highest BCUT2D eigenvalue weighted by molar-refractivity contribution is 9.10. The van der Waals surface area contributed by atoms with Crippen LogP contribution in [-0.2, 0) is 6.42 Å². The predicted molar refractivity (Wildman–Crippen MR) is 69.1 cm³/mol. The Labute approximate surface area is 105 Å². The monoisotopic (exact) mass is 287 g/mol. The minimum Gasteiger partial charge on any atom is -0.506 e. The number of aromatic hydroxyl groups is 1. The van der Waals surface area contributed by atoms with Crippen molar-refractivity contribution in [3.05, 3.63) is 21.7 Å². The molecule has 1 aromatic rings. The molecular formula is C12H18BrNO2. The second-order valence-electron chi connectivity index (χ2n) is 4.71. The van der Waals surface area contributed by atoms with Crippen LogP contribution in [0.25, 0.3) is 0 Å². The van der Waals surface area contributed by atoms with Gasteiger partial charge in [0.1, 0.15) is 16.0 Å². The minimum atomic E-state index is -0.349. The molecule has 1 aromatic carbocycles. The Kier molecular flexibility index (Phi) is 3.86. The molecule has 3 nitrogen and oxygen atoms in total. The van der Waals surface area contributed by atoms with Gasteiger partial charge in [0.05, 0.1) is 7.11 Å². The zero-order chi connectivity index (χ0) is 12.5. The highest BCUT2D eigenvalue weighted by Gasteiger charge is 2.19. The third-order valence-electron chi connectivity index (χ3n) is 2.31. The highest BCUT2D eigenvalue weighted by Crippen LogP contribution is 2.39. The van der Waals surface area contributed by atoms with Crippen molar-refractivity contribution in [2.45, 2.75) is 32.7 Å². The van der Waals surface area contributed by atoms with E-state index in [4.69, 9.17) is 10.5 Å². The number of phenolic OH excluding ortho intramolecular Hbond substituents is 1. The van der Waals surface area contributed by atoms with Crippen LogP contribution in [0, 0.1) is 6.92 Å². The van der Waals surface area contributed by atoms with Crippen LogP contribution >= 0.6 is 15.9 Å². The summed E-state index contributed by atoms with van der Waals surface area (Å²) in [6.07, 6.45) is 0.613. The third kappa shape index (κ3) is 2.89. The maximum atomic E-state index is 10.0. The van der Waals surface area contributed by atoms with Gasteiger partial charge in [0.25, 0.3) is 0 Å². The first-order valence-corrected chi connectivity index (χ1v) is 5.89. The lowest BCUT2D eigenvalue weighted by Gasteiger charge is -2.21. The fourth-order valence-corrected chi connectivity index (χ4v) is 2.42. The summed E-state index contributed by atoms with van der Waals surface area (Å²) >= 11 is 3.33. The molecule has 90 valence electrons. The van der Waals surface area contributed by atoms with Crippen LogP contribution in [0.2, 0.25) is 0 Å². The lowest BCUT2D eigenvalue weighted by Crippen LogP contribution is -2.34. The molecule has 0 unspecified atom stereocenters. The van der Waals surface area contributed by atoms with Crippen LogP contribution in [0.15, 0.2) is 10.5 Å². The molecule has 0 bridgehead atoms. The molecule has 0 heterocycles. The van der Waals surface area contributed by atoms with Gasteiger partial charge in [-0.2, -0.15) is 0 Å². The normalized spacial score (nSPS) is 11.6. The van der Waals surface area contributed by atoms with Crippen molar-refractivity contribution in [3.8, 4) is 11.5 Å². The molecule has 0 fully saturated rings. The number of hydrogen-bond donors (Lipinski definition) is 2. The van der Waals surface area contributed by atoms with E-state index in [0.717, 1.165) is 11.1 Å². The standard InChI is InChI=1S/C12H18BrNO2/c1-7-5-8(6-12(2,3)14)10(15)9(13)11(7)16-4/h5,15H,6,14H2,1-4H3. The number of aryl methyl sites for hydroxylation is 1. The Morgan fingerprint density at radius 3 is 2.50 bits per heavy atom. The fourth-order valence-electron chi connectivity index (χ4n) is 1.69. The molecule has 0 aliphatic carbocycles. The molecule has 0 aliphatic heterocycles. The van der Waals surface area contributed by atoms with E-state index in [1.54, 1.807) is 7.11 Å². The average Bonchev–Trinajstić information content (AvgIpc) is 2.12. The number of methoxy groups -OCH3 is 1. The maximum Gasteiger partial charge on any atom is 0.139 e. The highest BCUT2D eigenvalue weighted by atomic mass is 79.9. The number of ether oxygens (including phenoxy) is 1. The minimum absolute atomic E-state index is 0.209. The van der Waals surface area contributed by atoms with E-state index in [0.29, 0.717) is 16.6 Å². The molecule has 1 rings (SSSR count). The number of rotatable bonds is 3. The molecule has 0 spiro atoms. The molecule has 0 aliphatic rings. The number of phenols is 1. The second-order valence-corrected chi connectivity index (χ2v) is 5.51. The number of hydrogen-bond acceptors (Lipinski definition) is 3. The molecule has 4 heteroatoms. The van der Waals surface area contributed by atoms with Crippen molar-refractivity contribution in [1.29, 1.82) is 0 Å². The smallest absolute Gasteiger partial charge is 0.139 e. The zero-order valence-corrected chi connectivity index (χ0v) is 11.7. The lowest BCUT2D eigenvalue weighted by molar-refractivity contribution is 0.396. The van der Waals surface area contributed by atoms with Crippen LogP contribution in [0.1, 0.15) is 25.0 Å². The molecule has 0 radical (unpaired) electrons. The molecule has 0 amide bonds. The first kappa shape index (κ1) is 13.3. The Hall–Kier alpha value is -0.740. The van der Waals surface area contributed by atoms with Crippen LogP contribution in [0.3, 0.4) is 0 Å². The molecule has 3 N–H and O–H groups in total. The summed E-state index contributed by atoms with van der Waals surface area (Å²) in [5.41, 5.74) is 7.41. The van der Waals surface area contributed by atoms with Crippen molar-refractivity contribution in [3.63, 3.8) is 0 Å². The SMILES string of the molecule is COc1c(C)cc(CC(C)(C)N)c(O)c1Br. The zero-order valence-electron chi connectivity index (χ0n) is 10.1. The Balaban J connectivity index is 3.23. The molecule has 16 heavy (non-hydrogen) atoms. The van der Waals surface area contributed by atoms with Gasteiger partial charge in [-0.25, -0.2) is 0 Å². The van der Waals surface area contributed by atoms with E-state index < -0.39 is 0 Å². The first-order valence-electron chi connectivity index (χ1n) is 5.10. The van der Waals surface area contributed by atoms with Gasteiger partial charge in [-0.3, -0.25) is 0 Å². The van der Waals surface area contributed by atoms with Crippen LogP contribution in [0.5, 0.6) is 11.5 Å². The van der Waals surface area contributed by atoms with Crippen LogP contribution in [0.4, 0.5) is 0 Å². The number of halogens is 1. The topological polar surface area (TPSA) is 55.5 Å². The van der Waals surface area contributed by atoms with Crippen molar-refractivity contribution in [2.24, 2.45) is 5.73 Å². The van der Waals surface area contributed by atoms with Crippen molar-refractivity contribution >= 4 is 15.9 Å². The van der Waals surface area contributed by atoms with E-state index >= 15 is 0 Å². The predicted octanol–water partition coefficient (Wildman–Crippen LogP) is 2.75. The number of benzene rings is 1. The largest absolute Gasteiger partial charge is 0.506 e. The van der Waals surface area contributed by atoms with Gasteiger partial charge in [0.2, 0.25) is 0 Å². The van der Waals surface area contributed by atoms with Gasteiger partial charge in [0, 0.05) is 5.54 Å². The molecule has 0 saturated heterocycles. The molecular weight excluding hydrogens is 270 g/mol. The Bertz CT molecular complexity index is 397. The van der Waals surface area contributed by atoms with Crippen molar-refractivity contribution in [2.75, 3.05) is 7.11 Å². The van der Waals surface area contributed by atoms with Crippen LogP contribution < -0.4 is 10.5 Å². The summed E-state index contributed by atoms with van der Waals surface area (Å²) in [6, 6.07) is 1.91. The van der Waals surface area contributed by atoms with Crippen molar-refractivity contribution < 1.29 is 9.84 Å². The fraction of sp³-hybridized carbons (Fsp3) is 0.500. The van der Waals surface area contributed by atoms with E-state index in [1.165, 1.54) is 0 Å². The molecule has 0 atom stereocenters. The average molecular weight is 288 g/mol. The third-order valence-corrected chi connectivity index (χ3v) is 3.05. The Morgan fingerprint density at radius 1 is 1.50 bits per heavy atom. The second kappa shape index (κ2) is 4.63. The Morgan fingerprint density at radius 2 is 2.06 bits per heavy atom. The van der Waals surface area contributed by atoms with E-state index in [9.17, 15) is 5.11 Å². The quantitative estimate of drug-likeness (QED) is 0.899. The summed E-state index contributed by atoms with van der Waals surface area (Å²) in [4.78, 5) is 0. The van der Waals surface area contributed by atoms with Crippen LogP contribution in [-0.4, -0.2) is 17.8 Å². The molecule has 0 aromatic heterocycles. The maximum absolute atomic E-state index is 10.0. The van der Waals surface area contributed by atoms with Gasteiger partial charge in [-0.1, -0.05) is 0 Å². The lowest BCUT2D eigenvalue weighted by atomic mass is 9.94. The van der Waals surface area contributed by atoms with E-state index in [1.807, 2.05) is 26.8 Å².